The standard InChI is InChI=1S/C7H17N3O2S2/c1-14(11,12)10-5-4-8-2-3-9-6-13-7-10/h8-9H,2-7H2,1H3. The van der Waals surface area contributed by atoms with E-state index < -0.39 is 10.0 Å². The number of rotatable bonds is 1. The van der Waals surface area contributed by atoms with Crippen LogP contribution < -0.4 is 10.6 Å². The summed E-state index contributed by atoms with van der Waals surface area (Å²) in [6.45, 7) is 3.10. The maximum Gasteiger partial charge on any atom is 0.212 e. The summed E-state index contributed by atoms with van der Waals surface area (Å²) in [5.74, 6) is 1.33. The highest BCUT2D eigenvalue weighted by Crippen LogP contribution is 2.06. The van der Waals surface area contributed by atoms with E-state index in [2.05, 4.69) is 10.6 Å². The molecule has 0 saturated carbocycles. The number of nitrogens with one attached hydrogen (secondary N) is 2. The number of hydrogen-bond donors (Lipinski definition) is 2. The topological polar surface area (TPSA) is 61.4 Å². The first-order chi connectivity index (χ1) is 6.61. The van der Waals surface area contributed by atoms with Crippen LogP contribution in [0.15, 0.2) is 0 Å². The van der Waals surface area contributed by atoms with Crippen LogP contribution in [0.2, 0.25) is 0 Å². The molecule has 1 saturated heterocycles. The molecule has 14 heavy (non-hydrogen) atoms. The van der Waals surface area contributed by atoms with Crippen molar-refractivity contribution in [1.82, 2.24) is 14.9 Å². The van der Waals surface area contributed by atoms with Crippen LogP contribution in [-0.4, -0.2) is 56.9 Å². The van der Waals surface area contributed by atoms with Crippen molar-refractivity contribution in [1.29, 1.82) is 0 Å². The maximum absolute atomic E-state index is 11.3. The molecule has 0 aromatic carbocycles. The zero-order valence-electron chi connectivity index (χ0n) is 8.32. The lowest BCUT2D eigenvalue weighted by atomic mass is 10.5. The predicted octanol–water partition coefficient (Wildman–Crippen LogP) is -0.911. The summed E-state index contributed by atoms with van der Waals surface area (Å²) in [6.07, 6.45) is 1.26. The van der Waals surface area contributed by atoms with Crippen LogP contribution in [0.25, 0.3) is 0 Å². The average molecular weight is 239 g/mol. The van der Waals surface area contributed by atoms with Gasteiger partial charge < -0.3 is 10.6 Å². The third-order valence-corrected chi connectivity index (χ3v) is 4.24. The van der Waals surface area contributed by atoms with Gasteiger partial charge in [0.25, 0.3) is 0 Å². The lowest BCUT2D eigenvalue weighted by Gasteiger charge is -2.21. The molecule has 84 valence electrons. The molecule has 0 unspecified atom stereocenters. The van der Waals surface area contributed by atoms with Gasteiger partial charge in [-0.05, 0) is 0 Å². The van der Waals surface area contributed by atoms with Gasteiger partial charge in [-0.2, -0.15) is 4.31 Å². The fourth-order valence-corrected chi connectivity index (χ4v) is 3.25. The zero-order chi connectivity index (χ0) is 10.4. The van der Waals surface area contributed by atoms with Crippen molar-refractivity contribution in [2.45, 2.75) is 0 Å². The van der Waals surface area contributed by atoms with E-state index in [0.29, 0.717) is 12.4 Å². The Bertz CT molecular complexity index is 246. The van der Waals surface area contributed by atoms with Gasteiger partial charge in [-0.15, -0.1) is 11.8 Å². The van der Waals surface area contributed by atoms with E-state index in [1.165, 1.54) is 10.6 Å². The number of thioether (sulfide) groups is 1. The van der Waals surface area contributed by atoms with Crippen molar-refractivity contribution in [2.75, 3.05) is 44.2 Å². The molecule has 5 nitrogen and oxygen atoms in total. The Kier molecular flexibility index (Phi) is 5.18. The third kappa shape index (κ3) is 4.61. The van der Waals surface area contributed by atoms with Crippen LogP contribution in [-0.2, 0) is 10.0 Å². The molecule has 0 bridgehead atoms. The molecule has 0 aliphatic carbocycles. The van der Waals surface area contributed by atoms with Crippen molar-refractivity contribution in [3.05, 3.63) is 0 Å². The number of sulfonamides is 1. The highest BCUT2D eigenvalue weighted by molar-refractivity contribution is 8.00. The minimum Gasteiger partial charge on any atom is -0.314 e. The summed E-state index contributed by atoms with van der Waals surface area (Å²) < 4.78 is 24.1. The normalized spacial score (nSPS) is 23.2. The molecule has 1 aliphatic heterocycles. The Labute approximate surface area is 89.7 Å². The Morgan fingerprint density at radius 1 is 1.21 bits per heavy atom. The first kappa shape index (κ1) is 12.3. The molecule has 0 amide bonds. The Hall–Kier alpha value is 0.180. The van der Waals surface area contributed by atoms with Crippen molar-refractivity contribution < 1.29 is 8.42 Å². The molecular formula is C7H17N3O2S2. The van der Waals surface area contributed by atoms with Crippen molar-refractivity contribution in [3.63, 3.8) is 0 Å². The van der Waals surface area contributed by atoms with E-state index in [4.69, 9.17) is 0 Å². The maximum atomic E-state index is 11.3. The van der Waals surface area contributed by atoms with Crippen molar-refractivity contribution >= 4 is 21.8 Å². The third-order valence-electron chi connectivity index (χ3n) is 1.92. The van der Waals surface area contributed by atoms with E-state index in [1.807, 2.05) is 0 Å². The van der Waals surface area contributed by atoms with Crippen molar-refractivity contribution in [3.8, 4) is 0 Å². The summed E-state index contributed by atoms with van der Waals surface area (Å²) in [5, 5.41) is 6.39. The van der Waals surface area contributed by atoms with E-state index in [9.17, 15) is 8.42 Å². The van der Waals surface area contributed by atoms with Gasteiger partial charge in [-0.3, -0.25) is 0 Å². The largest absolute Gasteiger partial charge is 0.314 e. The summed E-state index contributed by atoms with van der Waals surface area (Å²) >= 11 is 1.59. The highest BCUT2D eigenvalue weighted by atomic mass is 32.2. The molecule has 0 atom stereocenters. The molecule has 0 radical (unpaired) electrons. The average Bonchev–Trinajstić information content (AvgIpc) is 2.12. The van der Waals surface area contributed by atoms with Gasteiger partial charge in [-0.1, -0.05) is 0 Å². The van der Waals surface area contributed by atoms with Gasteiger partial charge in [0.1, 0.15) is 0 Å². The summed E-state index contributed by atoms with van der Waals surface area (Å²) in [4.78, 5) is 0. The van der Waals surface area contributed by atoms with E-state index >= 15 is 0 Å². The summed E-state index contributed by atoms with van der Waals surface area (Å²) in [5.41, 5.74) is 0. The second-order valence-corrected chi connectivity index (χ2v) is 6.10. The van der Waals surface area contributed by atoms with Crippen LogP contribution in [0.5, 0.6) is 0 Å². The van der Waals surface area contributed by atoms with Gasteiger partial charge in [0.05, 0.1) is 12.1 Å². The molecule has 7 heteroatoms. The Morgan fingerprint density at radius 2 is 1.93 bits per heavy atom. The second kappa shape index (κ2) is 5.92. The van der Waals surface area contributed by atoms with E-state index in [1.54, 1.807) is 11.8 Å². The Balaban J connectivity index is 2.47. The monoisotopic (exact) mass is 239 g/mol. The molecular weight excluding hydrogens is 222 g/mol. The molecule has 1 fully saturated rings. The van der Waals surface area contributed by atoms with Crippen LogP contribution in [0, 0.1) is 0 Å². The van der Waals surface area contributed by atoms with Crippen molar-refractivity contribution in [2.24, 2.45) is 0 Å². The number of nitrogens with zero attached hydrogens (tertiary/aromatic N) is 1. The molecule has 1 rings (SSSR count). The molecule has 0 aromatic rings. The molecule has 1 aliphatic rings. The molecule has 2 N–H and O–H groups in total. The molecule has 0 spiro atoms. The van der Waals surface area contributed by atoms with Crippen LogP contribution >= 0.6 is 11.8 Å². The second-order valence-electron chi connectivity index (χ2n) is 3.17. The smallest absolute Gasteiger partial charge is 0.212 e. The Morgan fingerprint density at radius 3 is 2.64 bits per heavy atom. The first-order valence-electron chi connectivity index (χ1n) is 4.55. The molecule has 1 heterocycles. The van der Waals surface area contributed by atoms with E-state index in [-0.39, 0.29) is 0 Å². The zero-order valence-corrected chi connectivity index (χ0v) is 9.96. The predicted molar refractivity (Wildman–Crippen MR) is 59.7 cm³/mol. The summed E-state index contributed by atoms with van der Waals surface area (Å²) in [6, 6.07) is 0. The quantitative estimate of drug-likeness (QED) is 0.620. The summed E-state index contributed by atoms with van der Waals surface area (Å²) in [7, 11) is -3.05. The lowest BCUT2D eigenvalue weighted by Crippen LogP contribution is -2.39. The first-order valence-corrected chi connectivity index (χ1v) is 7.55. The minimum atomic E-state index is -3.05. The fraction of sp³-hybridized carbons (Fsp3) is 1.00. The highest BCUT2D eigenvalue weighted by Gasteiger charge is 2.15. The van der Waals surface area contributed by atoms with Crippen LogP contribution in [0.1, 0.15) is 0 Å². The van der Waals surface area contributed by atoms with Gasteiger partial charge in [0, 0.05) is 32.1 Å². The van der Waals surface area contributed by atoms with Gasteiger partial charge in [0.2, 0.25) is 10.0 Å². The lowest BCUT2D eigenvalue weighted by molar-refractivity contribution is 0.450. The van der Waals surface area contributed by atoms with Gasteiger partial charge >= 0.3 is 0 Å². The fourth-order valence-electron chi connectivity index (χ4n) is 1.12. The van der Waals surface area contributed by atoms with Gasteiger partial charge in [0.15, 0.2) is 0 Å². The van der Waals surface area contributed by atoms with Crippen LogP contribution in [0.3, 0.4) is 0 Å². The number of hydrogen-bond acceptors (Lipinski definition) is 5. The van der Waals surface area contributed by atoms with Gasteiger partial charge in [-0.25, -0.2) is 8.42 Å². The molecule has 0 aromatic heterocycles. The van der Waals surface area contributed by atoms with E-state index in [0.717, 1.165) is 25.5 Å². The SMILES string of the molecule is CS(=O)(=O)N1CCNCCNCSC1. The minimum absolute atomic E-state index is 0.535. The van der Waals surface area contributed by atoms with Crippen LogP contribution in [0.4, 0.5) is 0 Å².